The summed E-state index contributed by atoms with van der Waals surface area (Å²) in [5.41, 5.74) is 0.399. The van der Waals surface area contributed by atoms with E-state index in [1.807, 2.05) is 18.4 Å². The summed E-state index contributed by atoms with van der Waals surface area (Å²) in [6.07, 6.45) is 0. The molecule has 1 aromatic heterocycles. The average molecular weight is 294 g/mol. The molecular formula is C13H15FN4OS. The van der Waals surface area contributed by atoms with Crippen LogP contribution in [0.2, 0.25) is 0 Å². The third-order valence-electron chi connectivity index (χ3n) is 2.95. The highest BCUT2D eigenvalue weighted by Gasteiger charge is 2.16. The van der Waals surface area contributed by atoms with Crippen molar-refractivity contribution in [2.24, 2.45) is 0 Å². The number of hydrogen-bond acceptors (Lipinski definition) is 3. The van der Waals surface area contributed by atoms with Crippen LogP contribution in [-0.4, -0.2) is 20.7 Å². The fourth-order valence-electron chi connectivity index (χ4n) is 1.91. The van der Waals surface area contributed by atoms with Gasteiger partial charge in [0.1, 0.15) is 5.82 Å². The maximum absolute atomic E-state index is 12.8. The van der Waals surface area contributed by atoms with Crippen LogP contribution in [0, 0.1) is 10.6 Å². The maximum atomic E-state index is 12.8. The molecule has 1 heterocycles. The molecule has 1 atom stereocenters. The smallest absolute Gasteiger partial charge is 0.251 e. The number of rotatable bonds is 4. The van der Waals surface area contributed by atoms with Crippen LogP contribution < -0.4 is 5.32 Å². The van der Waals surface area contributed by atoms with Crippen LogP contribution in [0.15, 0.2) is 24.3 Å². The summed E-state index contributed by atoms with van der Waals surface area (Å²) in [5.74, 6) is 0.00325. The molecule has 0 spiro atoms. The minimum Gasteiger partial charge on any atom is -0.342 e. The average Bonchev–Trinajstić information content (AvgIpc) is 2.80. The van der Waals surface area contributed by atoms with Crippen LogP contribution in [0.1, 0.15) is 36.1 Å². The molecule has 0 fully saturated rings. The molecule has 2 N–H and O–H groups in total. The van der Waals surface area contributed by atoms with Gasteiger partial charge in [-0.2, -0.15) is 5.10 Å². The highest BCUT2D eigenvalue weighted by atomic mass is 32.1. The van der Waals surface area contributed by atoms with E-state index in [2.05, 4.69) is 15.5 Å². The Morgan fingerprint density at radius 1 is 1.50 bits per heavy atom. The second-order valence-corrected chi connectivity index (χ2v) is 4.72. The molecule has 0 saturated carbocycles. The number of hydrogen-bond donors (Lipinski definition) is 2. The molecule has 7 heteroatoms. The summed E-state index contributed by atoms with van der Waals surface area (Å²) in [4.78, 5) is 12.0. The number of halogens is 1. The van der Waals surface area contributed by atoms with Crippen LogP contribution in [0.3, 0.4) is 0 Å². The maximum Gasteiger partial charge on any atom is 0.251 e. The van der Waals surface area contributed by atoms with Gasteiger partial charge < -0.3 is 9.88 Å². The second-order valence-electron chi connectivity index (χ2n) is 4.33. The van der Waals surface area contributed by atoms with Crippen molar-refractivity contribution in [3.63, 3.8) is 0 Å². The normalized spacial score (nSPS) is 12.2. The zero-order valence-electron chi connectivity index (χ0n) is 11.2. The summed E-state index contributed by atoms with van der Waals surface area (Å²) < 4.78 is 15.1. The lowest BCUT2D eigenvalue weighted by Gasteiger charge is -2.14. The van der Waals surface area contributed by atoms with E-state index in [9.17, 15) is 9.18 Å². The van der Waals surface area contributed by atoms with Gasteiger partial charge in [-0.3, -0.25) is 9.89 Å². The first-order chi connectivity index (χ1) is 9.52. The van der Waals surface area contributed by atoms with Crippen molar-refractivity contribution in [1.29, 1.82) is 0 Å². The van der Waals surface area contributed by atoms with Gasteiger partial charge in [-0.05, 0) is 50.3 Å². The molecular weight excluding hydrogens is 279 g/mol. The van der Waals surface area contributed by atoms with Gasteiger partial charge in [0, 0.05) is 12.1 Å². The van der Waals surface area contributed by atoms with E-state index in [1.165, 1.54) is 24.3 Å². The minimum absolute atomic E-state index is 0.283. The van der Waals surface area contributed by atoms with Gasteiger partial charge in [-0.1, -0.05) is 0 Å². The molecule has 0 radical (unpaired) electrons. The fourth-order valence-corrected chi connectivity index (χ4v) is 2.18. The van der Waals surface area contributed by atoms with E-state index < -0.39 is 0 Å². The standard InChI is InChI=1S/C13H15FN4OS/c1-3-18-11(16-17-13(18)20)8(2)15-12(19)9-4-6-10(14)7-5-9/h4-8H,3H2,1-2H3,(H,15,19)(H,17,20)/t8-/m0/s1. The molecule has 0 unspecified atom stereocenters. The number of nitrogens with zero attached hydrogens (tertiary/aromatic N) is 2. The highest BCUT2D eigenvalue weighted by Crippen LogP contribution is 2.11. The van der Waals surface area contributed by atoms with E-state index in [0.29, 0.717) is 22.7 Å². The molecule has 106 valence electrons. The lowest BCUT2D eigenvalue weighted by Crippen LogP contribution is -2.28. The lowest BCUT2D eigenvalue weighted by atomic mass is 10.2. The summed E-state index contributed by atoms with van der Waals surface area (Å²) in [6, 6.07) is 5.08. The molecule has 20 heavy (non-hydrogen) atoms. The SMILES string of the molecule is CCn1c([C@H](C)NC(=O)c2ccc(F)cc2)n[nH]c1=S. The number of nitrogens with one attached hydrogen (secondary N) is 2. The van der Waals surface area contributed by atoms with Crippen LogP contribution in [-0.2, 0) is 6.54 Å². The number of amides is 1. The van der Waals surface area contributed by atoms with Crippen molar-refractivity contribution in [1.82, 2.24) is 20.1 Å². The molecule has 0 bridgehead atoms. The Morgan fingerprint density at radius 3 is 2.75 bits per heavy atom. The molecule has 0 aliphatic rings. The number of carbonyl (C=O) groups is 1. The topological polar surface area (TPSA) is 62.7 Å². The molecule has 1 amide bonds. The number of H-pyrrole nitrogens is 1. The number of benzene rings is 1. The number of aromatic amines is 1. The van der Waals surface area contributed by atoms with Crippen molar-refractivity contribution in [2.75, 3.05) is 0 Å². The summed E-state index contributed by atoms with van der Waals surface area (Å²) in [5, 5.41) is 9.63. The molecule has 2 aromatic rings. The van der Waals surface area contributed by atoms with E-state index in [4.69, 9.17) is 12.2 Å². The Kier molecular flexibility index (Phi) is 4.29. The lowest BCUT2D eigenvalue weighted by molar-refractivity contribution is 0.0937. The summed E-state index contributed by atoms with van der Waals surface area (Å²) >= 11 is 5.10. The van der Waals surface area contributed by atoms with Crippen LogP contribution in [0.5, 0.6) is 0 Å². The molecule has 2 rings (SSSR count). The van der Waals surface area contributed by atoms with E-state index >= 15 is 0 Å². The van der Waals surface area contributed by atoms with Gasteiger partial charge >= 0.3 is 0 Å². The number of aromatic nitrogens is 3. The third-order valence-corrected chi connectivity index (χ3v) is 3.26. The van der Waals surface area contributed by atoms with Crippen molar-refractivity contribution in [3.8, 4) is 0 Å². The van der Waals surface area contributed by atoms with Crippen molar-refractivity contribution in [2.45, 2.75) is 26.4 Å². The predicted molar refractivity (Wildman–Crippen MR) is 75.4 cm³/mol. The minimum atomic E-state index is -0.374. The Hall–Kier alpha value is -2.02. The molecule has 0 aliphatic heterocycles. The Labute approximate surface area is 120 Å². The summed E-state index contributed by atoms with van der Waals surface area (Å²) in [6.45, 7) is 4.43. The zero-order chi connectivity index (χ0) is 14.7. The van der Waals surface area contributed by atoms with E-state index in [0.717, 1.165) is 0 Å². The van der Waals surface area contributed by atoms with Gasteiger partial charge in [0.25, 0.3) is 5.91 Å². The predicted octanol–water partition coefficient (Wildman–Crippen LogP) is 2.59. The van der Waals surface area contributed by atoms with Crippen molar-refractivity contribution >= 4 is 18.1 Å². The summed E-state index contributed by atoms with van der Waals surface area (Å²) in [7, 11) is 0. The molecule has 0 saturated heterocycles. The molecule has 0 aliphatic carbocycles. The highest BCUT2D eigenvalue weighted by molar-refractivity contribution is 7.71. The second kappa shape index (κ2) is 5.96. The zero-order valence-corrected chi connectivity index (χ0v) is 12.0. The monoisotopic (exact) mass is 294 g/mol. The Bertz CT molecular complexity index is 662. The van der Waals surface area contributed by atoms with Crippen molar-refractivity contribution < 1.29 is 9.18 Å². The van der Waals surface area contributed by atoms with Gasteiger partial charge in [-0.25, -0.2) is 4.39 Å². The Balaban J connectivity index is 2.15. The van der Waals surface area contributed by atoms with E-state index in [-0.39, 0.29) is 17.8 Å². The van der Waals surface area contributed by atoms with Crippen LogP contribution >= 0.6 is 12.2 Å². The first-order valence-electron chi connectivity index (χ1n) is 6.24. The molecule has 5 nitrogen and oxygen atoms in total. The first kappa shape index (κ1) is 14.4. The van der Waals surface area contributed by atoms with Gasteiger partial charge in [0.2, 0.25) is 0 Å². The largest absolute Gasteiger partial charge is 0.342 e. The third kappa shape index (κ3) is 2.93. The van der Waals surface area contributed by atoms with Gasteiger partial charge in [0.15, 0.2) is 10.6 Å². The quantitative estimate of drug-likeness (QED) is 0.852. The van der Waals surface area contributed by atoms with Crippen LogP contribution in [0.25, 0.3) is 0 Å². The van der Waals surface area contributed by atoms with Crippen molar-refractivity contribution in [3.05, 3.63) is 46.2 Å². The fraction of sp³-hybridized carbons (Fsp3) is 0.308. The number of carbonyl (C=O) groups excluding carboxylic acids is 1. The Morgan fingerprint density at radius 2 is 2.15 bits per heavy atom. The van der Waals surface area contributed by atoms with E-state index in [1.54, 1.807) is 0 Å². The van der Waals surface area contributed by atoms with Gasteiger partial charge in [-0.15, -0.1) is 0 Å². The van der Waals surface area contributed by atoms with Gasteiger partial charge in [0.05, 0.1) is 6.04 Å². The molecule has 1 aromatic carbocycles. The van der Waals surface area contributed by atoms with Crippen LogP contribution in [0.4, 0.5) is 4.39 Å². The first-order valence-corrected chi connectivity index (χ1v) is 6.65.